The van der Waals surface area contributed by atoms with Crippen LogP contribution in [0.3, 0.4) is 0 Å². The maximum Gasteiger partial charge on any atom is 0.328 e. The summed E-state index contributed by atoms with van der Waals surface area (Å²) < 4.78 is 4.92. The Balaban J connectivity index is 1.46. The van der Waals surface area contributed by atoms with Gasteiger partial charge in [0.15, 0.2) is 0 Å². The molecule has 2 N–H and O–H groups in total. The number of rotatable bonds is 6. The van der Waals surface area contributed by atoms with Crippen molar-refractivity contribution in [2.24, 2.45) is 0 Å². The number of methoxy groups -OCH3 is 1. The van der Waals surface area contributed by atoms with E-state index < -0.39 is 12.0 Å². The lowest BCUT2D eigenvalue weighted by Crippen LogP contribution is -2.47. The van der Waals surface area contributed by atoms with Crippen LogP contribution in [0.25, 0.3) is 10.9 Å². The molecule has 0 saturated carbocycles. The molecule has 0 unspecified atom stereocenters. The van der Waals surface area contributed by atoms with Crippen LogP contribution in [0.4, 0.5) is 5.69 Å². The maximum absolute atomic E-state index is 12.7. The van der Waals surface area contributed by atoms with Crippen molar-refractivity contribution in [3.05, 3.63) is 65.9 Å². The Morgan fingerprint density at radius 1 is 1.18 bits per heavy atom. The summed E-state index contributed by atoms with van der Waals surface area (Å²) in [5.74, 6) is -0.632. The third-order valence-corrected chi connectivity index (χ3v) is 5.24. The molecule has 1 aliphatic rings. The zero-order valence-electron chi connectivity index (χ0n) is 15.8. The number of ether oxygens (including phenoxy) is 1. The van der Waals surface area contributed by atoms with E-state index in [9.17, 15) is 9.59 Å². The van der Waals surface area contributed by atoms with Crippen molar-refractivity contribution in [1.29, 1.82) is 0 Å². The van der Waals surface area contributed by atoms with Gasteiger partial charge in [0.2, 0.25) is 5.91 Å². The number of para-hydroxylation sites is 2. The largest absolute Gasteiger partial charge is 0.467 e. The van der Waals surface area contributed by atoms with Crippen molar-refractivity contribution in [1.82, 2.24) is 10.3 Å². The van der Waals surface area contributed by atoms with Gasteiger partial charge in [0, 0.05) is 35.8 Å². The van der Waals surface area contributed by atoms with Crippen LogP contribution in [0.1, 0.15) is 11.1 Å². The summed E-state index contributed by atoms with van der Waals surface area (Å²) in [6.45, 7) is 1.02. The van der Waals surface area contributed by atoms with Gasteiger partial charge in [-0.15, -0.1) is 0 Å². The number of aromatic nitrogens is 1. The summed E-state index contributed by atoms with van der Waals surface area (Å²) in [5, 5.41) is 3.90. The molecule has 0 spiro atoms. The van der Waals surface area contributed by atoms with Crippen LogP contribution in [0.2, 0.25) is 0 Å². The van der Waals surface area contributed by atoms with E-state index in [1.165, 1.54) is 12.7 Å². The number of H-pyrrole nitrogens is 1. The number of aromatic amines is 1. The molecule has 1 aromatic heterocycles. The highest BCUT2D eigenvalue weighted by Crippen LogP contribution is 2.27. The summed E-state index contributed by atoms with van der Waals surface area (Å²) in [5.41, 5.74) is 4.31. The Kier molecular flexibility index (Phi) is 5.02. The summed E-state index contributed by atoms with van der Waals surface area (Å²) in [7, 11) is 1.34. The van der Waals surface area contributed by atoms with Crippen LogP contribution >= 0.6 is 0 Å². The van der Waals surface area contributed by atoms with E-state index in [2.05, 4.69) is 16.4 Å². The number of carbonyl (C=O) groups is 2. The molecule has 1 atom stereocenters. The Morgan fingerprint density at radius 2 is 1.96 bits per heavy atom. The standard InChI is InChI=1S/C22H23N3O3/c1-28-22(27)19(12-16-13-23-18-8-4-3-7-17(16)18)24-21(26)14-25-11-10-15-6-2-5-9-20(15)25/h2-9,13,19,23H,10-12,14H2,1H3,(H,24,26)/t19-/m0/s1. The fraction of sp³-hybridized carbons (Fsp3) is 0.273. The number of hydrogen-bond donors (Lipinski definition) is 2. The molecule has 2 heterocycles. The third kappa shape index (κ3) is 3.58. The topological polar surface area (TPSA) is 74.4 Å². The van der Waals surface area contributed by atoms with Crippen LogP contribution in [0.5, 0.6) is 0 Å². The Morgan fingerprint density at radius 3 is 2.82 bits per heavy atom. The number of esters is 1. The average molecular weight is 377 g/mol. The third-order valence-electron chi connectivity index (χ3n) is 5.24. The second kappa shape index (κ2) is 7.76. The number of carbonyl (C=O) groups excluding carboxylic acids is 2. The fourth-order valence-corrected chi connectivity index (χ4v) is 3.84. The predicted octanol–water partition coefficient (Wildman–Crippen LogP) is 2.43. The molecule has 0 aliphatic carbocycles. The average Bonchev–Trinajstić information content (AvgIpc) is 3.31. The molecular formula is C22H23N3O3. The zero-order chi connectivity index (χ0) is 19.5. The van der Waals surface area contributed by atoms with Gasteiger partial charge < -0.3 is 19.9 Å². The van der Waals surface area contributed by atoms with E-state index in [0.29, 0.717) is 6.42 Å². The second-order valence-corrected chi connectivity index (χ2v) is 7.01. The minimum Gasteiger partial charge on any atom is -0.467 e. The number of nitrogens with zero attached hydrogens (tertiary/aromatic N) is 1. The predicted molar refractivity (Wildman–Crippen MR) is 108 cm³/mol. The fourth-order valence-electron chi connectivity index (χ4n) is 3.84. The quantitative estimate of drug-likeness (QED) is 0.647. The van der Waals surface area contributed by atoms with Gasteiger partial charge in [-0.05, 0) is 29.7 Å². The molecular weight excluding hydrogens is 354 g/mol. The highest BCUT2D eigenvalue weighted by atomic mass is 16.5. The zero-order valence-corrected chi connectivity index (χ0v) is 15.8. The van der Waals surface area contributed by atoms with E-state index in [-0.39, 0.29) is 12.5 Å². The van der Waals surface area contributed by atoms with E-state index >= 15 is 0 Å². The van der Waals surface area contributed by atoms with Gasteiger partial charge in [0.1, 0.15) is 6.04 Å². The minimum absolute atomic E-state index is 0.188. The molecule has 0 bridgehead atoms. The van der Waals surface area contributed by atoms with E-state index in [1.54, 1.807) is 0 Å². The minimum atomic E-state index is -0.727. The van der Waals surface area contributed by atoms with Crippen molar-refractivity contribution in [2.45, 2.75) is 18.9 Å². The maximum atomic E-state index is 12.7. The SMILES string of the molecule is COC(=O)[C@H](Cc1c[nH]c2ccccc12)NC(=O)CN1CCc2ccccc21. The Bertz CT molecular complexity index is 1010. The first-order valence-electron chi connectivity index (χ1n) is 9.40. The Hall–Kier alpha value is -3.28. The smallest absolute Gasteiger partial charge is 0.328 e. The van der Waals surface area contributed by atoms with Crippen LogP contribution in [0, 0.1) is 0 Å². The van der Waals surface area contributed by atoms with Crippen LogP contribution in [-0.2, 0) is 27.2 Å². The summed E-state index contributed by atoms with van der Waals surface area (Å²) in [6.07, 6.45) is 3.18. The van der Waals surface area contributed by atoms with Gasteiger partial charge in [-0.25, -0.2) is 4.79 Å². The summed E-state index contributed by atoms with van der Waals surface area (Å²) >= 11 is 0. The highest BCUT2D eigenvalue weighted by Gasteiger charge is 2.26. The lowest BCUT2D eigenvalue weighted by molar-refractivity contribution is -0.144. The van der Waals surface area contributed by atoms with Gasteiger partial charge in [0.05, 0.1) is 13.7 Å². The molecule has 144 valence electrons. The molecule has 6 heteroatoms. The monoisotopic (exact) mass is 377 g/mol. The summed E-state index contributed by atoms with van der Waals surface area (Å²) in [6, 6.07) is 15.3. The second-order valence-electron chi connectivity index (χ2n) is 7.01. The molecule has 2 aromatic carbocycles. The van der Waals surface area contributed by atoms with Crippen LogP contribution < -0.4 is 10.2 Å². The van der Waals surface area contributed by atoms with Crippen molar-refractivity contribution >= 4 is 28.5 Å². The lowest BCUT2D eigenvalue weighted by Gasteiger charge is -2.21. The van der Waals surface area contributed by atoms with Crippen molar-refractivity contribution in [3.8, 4) is 0 Å². The van der Waals surface area contributed by atoms with Crippen molar-refractivity contribution < 1.29 is 14.3 Å². The molecule has 0 radical (unpaired) electrons. The number of fused-ring (bicyclic) bond motifs is 2. The molecule has 3 aromatic rings. The first kappa shape index (κ1) is 18.1. The highest BCUT2D eigenvalue weighted by molar-refractivity contribution is 5.89. The normalized spacial score (nSPS) is 14.0. The molecule has 6 nitrogen and oxygen atoms in total. The first-order chi connectivity index (χ1) is 13.7. The number of amides is 1. The van der Waals surface area contributed by atoms with Gasteiger partial charge in [-0.1, -0.05) is 36.4 Å². The van der Waals surface area contributed by atoms with Crippen LogP contribution in [0.15, 0.2) is 54.7 Å². The molecule has 0 saturated heterocycles. The van der Waals surface area contributed by atoms with Gasteiger partial charge in [-0.2, -0.15) is 0 Å². The van der Waals surface area contributed by atoms with E-state index in [1.807, 2.05) is 53.6 Å². The van der Waals surface area contributed by atoms with Crippen molar-refractivity contribution in [2.75, 3.05) is 25.1 Å². The molecule has 1 aliphatic heterocycles. The lowest BCUT2D eigenvalue weighted by atomic mass is 10.0. The first-order valence-corrected chi connectivity index (χ1v) is 9.40. The molecule has 1 amide bonds. The van der Waals surface area contributed by atoms with Gasteiger partial charge in [0.25, 0.3) is 0 Å². The number of hydrogen-bond acceptors (Lipinski definition) is 4. The Labute approximate surface area is 163 Å². The molecule has 4 rings (SSSR count). The van der Waals surface area contributed by atoms with E-state index in [0.717, 1.165) is 35.1 Å². The molecule has 28 heavy (non-hydrogen) atoms. The number of nitrogens with one attached hydrogen (secondary N) is 2. The number of benzene rings is 2. The van der Waals surface area contributed by atoms with E-state index in [4.69, 9.17) is 4.74 Å². The van der Waals surface area contributed by atoms with Crippen molar-refractivity contribution in [3.63, 3.8) is 0 Å². The summed E-state index contributed by atoms with van der Waals surface area (Å²) in [4.78, 5) is 30.2. The number of anilines is 1. The van der Waals surface area contributed by atoms with Gasteiger partial charge >= 0.3 is 5.97 Å². The molecule has 0 fully saturated rings. The van der Waals surface area contributed by atoms with Gasteiger partial charge in [-0.3, -0.25) is 4.79 Å². The van der Waals surface area contributed by atoms with Crippen LogP contribution in [-0.4, -0.2) is 43.1 Å².